The van der Waals surface area contributed by atoms with Crippen LogP contribution in [0.25, 0.3) is 0 Å². The zero-order chi connectivity index (χ0) is 20.4. The van der Waals surface area contributed by atoms with E-state index in [0.717, 1.165) is 18.5 Å². The maximum atomic E-state index is 12.5. The highest BCUT2D eigenvalue weighted by molar-refractivity contribution is 8.16. The first kappa shape index (κ1) is 20.4. The lowest BCUT2D eigenvalue weighted by atomic mass is 10.1. The second-order valence-corrected chi connectivity index (χ2v) is 11.1. The van der Waals surface area contributed by atoms with Crippen molar-refractivity contribution in [2.45, 2.75) is 30.6 Å². The summed E-state index contributed by atoms with van der Waals surface area (Å²) in [7, 11) is -3.09. The van der Waals surface area contributed by atoms with Gasteiger partial charge in [-0.25, -0.2) is 8.42 Å². The number of nitrogens with zero attached hydrogens (tertiary/aromatic N) is 2. The van der Waals surface area contributed by atoms with E-state index in [1.165, 1.54) is 17.3 Å². The van der Waals surface area contributed by atoms with Gasteiger partial charge in [0.15, 0.2) is 15.0 Å². The molecule has 2 atom stereocenters. The van der Waals surface area contributed by atoms with Crippen LogP contribution in [0.2, 0.25) is 5.02 Å². The summed E-state index contributed by atoms with van der Waals surface area (Å²) < 4.78 is 24.2. The number of amides is 1. The van der Waals surface area contributed by atoms with E-state index in [-0.39, 0.29) is 28.7 Å². The SMILES string of the molecule is O=C(CCCc1ccccc1)N=C1S[C@H]2CS(=O)(=O)C[C@@H]2N1c1cccc(Cl)c1. The van der Waals surface area contributed by atoms with Crippen molar-refractivity contribution < 1.29 is 13.2 Å². The highest BCUT2D eigenvalue weighted by Crippen LogP contribution is 2.41. The number of carbonyl (C=O) groups is 1. The van der Waals surface area contributed by atoms with E-state index in [2.05, 4.69) is 4.99 Å². The summed E-state index contributed by atoms with van der Waals surface area (Å²) in [5.41, 5.74) is 1.97. The number of aryl methyl sites for hydroxylation is 1. The number of hydrogen-bond donors (Lipinski definition) is 0. The normalized spacial score (nSPS) is 24.0. The minimum absolute atomic E-state index is 0.0679. The summed E-state index contributed by atoms with van der Waals surface area (Å²) in [5, 5.41) is 1.02. The van der Waals surface area contributed by atoms with Crippen LogP contribution in [0.3, 0.4) is 0 Å². The highest BCUT2D eigenvalue weighted by Gasteiger charge is 2.49. The number of fused-ring (bicyclic) bond motifs is 1. The van der Waals surface area contributed by atoms with E-state index >= 15 is 0 Å². The first-order valence-electron chi connectivity index (χ1n) is 9.49. The van der Waals surface area contributed by atoms with Gasteiger partial charge in [0.1, 0.15) is 0 Å². The van der Waals surface area contributed by atoms with Crippen molar-refractivity contribution in [3.63, 3.8) is 0 Å². The van der Waals surface area contributed by atoms with E-state index in [1.54, 1.807) is 12.1 Å². The Labute approximate surface area is 180 Å². The Hall–Kier alpha value is -1.83. The molecule has 4 rings (SSSR count). The van der Waals surface area contributed by atoms with Crippen LogP contribution in [0.4, 0.5) is 5.69 Å². The van der Waals surface area contributed by atoms with Gasteiger partial charge in [0, 0.05) is 22.4 Å². The van der Waals surface area contributed by atoms with E-state index in [1.807, 2.05) is 47.4 Å². The average molecular weight is 449 g/mol. The summed E-state index contributed by atoms with van der Waals surface area (Å²) in [6.07, 6.45) is 1.91. The lowest BCUT2D eigenvalue weighted by molar-refractivity contribution is -0.117. The smallest absolute Gasteiger partial charge is 0.248 e. The van der Waals surface area contributed by atoms with Crippen molar-refractivity contribution in [2.24, 2.45) is 4.99 Å². The van der Waals surface area contributed by atoms with E-state index < -0.39 is 9.84 Å². The topological polar surface area (TPSA) is 66.8 Å². The van der Waals surface area contributed by atoms with Crippen LogP contribution in [0.15, 0.2) is 59.6 Å². The second kappa shape index (κ2) is 8.50. The third-order valence-corrected chi connectivity index (χ3v) is 8.52. The van der Waals surface area contributed by atoms with Crippen molar-refractivity contribution >= 4 is 50.0 Å². The van der Waals surface area contributed by atoms with Gasteiger partial charge in [0.25, 0.3) is 0 Å². The van der Waals surface area contributed by atoms with Gasteiger partial charge in [0.2, 0.25) is 5.91 Å². The Morgan fingerprint density at radius 1 is 1.14 bits per heavy atom. The molecule has 2 aromatic rings. The van der Waals surface area contributed by atoms with Gasteiger partial charge in [-0.2, -0.15) is 4.99 Å². The van der Waals surface area contributed by atoms with Crippen molar-refractivity contribution in [1.29, 1.82) is 0 Å². The molecule has 0 unspecified atom stereocenters. The fourth-order valence-corrected chi connectivity index (χ4v) is 7.86. The fraction of sp³-hybridized carbons (Fsp3) is 0.333. The molecule has 29 heavy (non-hydrogen) atoms. The Morgan fingerprint density at radius 3 is 2.69 bits per heavy atom. The molecule has 8 heteroatoms. The zero-order valence-electron chi connectivity index (χ0n) is 15.7. The number of benzene rings is 2. The van der Waals surface area contributed by atoms with Crippen LogP contribution in [-0.2, 0) is 21.1 Å². The van der Waals surface area contributed by atoms with Gasteiger partial charge < -0.3 is 4.90 Å². The van der Waals surface area contributed by atoms with Gasteiger partial charge in [-0.05, 0) is 36.6 Å². The summed E-state index contributed by atoms with van der Waals surface area (Å²) in [6, 6.07) is 17.1. The molecule has 152 valence electrons. The van der Waals surface area contributed by atoms with Crippen LogP contribution in [0, 0.1) is 0 Å². The molecule has 0 aromatic heterocycles. The number of halogens is 1. The van der Waals surface area contributed by atoms with Gasteiger partial charge in [-0.15, -0.1) is 0 Å². The Morgan fingerprint density at radius 2 is 1.93 bits per heavy atom. The van der Waals surface area contributed by atoms with Crippen molar-refractivity contribution in [3.8, 4) is 0 Å². The van der Waals surface area contributed by atoms with Crippen LogP contribution in [0.5, 0.6) is 0 Å². The molecule has 0 saturated carbocycles. The monoisotopic (exact) mass is 448 g/mol. The molecule has 0 bridgehead atoms. The number of carbonyl (C=O) groups excluding carboxylic acids is 1. The molecule has 5 nitrogen and oxygen atoms in total. The molecule has 0 aliphatic carbocycles. The van der Waals surface area contributed by atoms with Gasteiger partial charge in [-0.3, -0.25) is 4.79 Å². The van der Waals surface area contributed by atoms with Crippen LogP contribution < -0.4 is 4.90 Å². The van der Waals surface area contributed by atoms with Gasteiger partial charge >= 0.3 is 0 Å². The third kappa shape index (κ3) is 4.85. The van der Waals surface area contributed by atoms with E-state index in [9.17, 15) is 13.2 Å². The molecule has 2 fully saturated rings. The standard InChI is InChI=1S/C21H21ClN2O3S2/c22-16-9-5-10-17(12-16)24-18-13-29(26,27)14-19(18)28-21(24)23-20(25)11-4-8-15-6-2-1-3-7-15/h1-3,5-7,9-10,12,18-19H,4,8,11,13-14H2/t18-,19-/m0/s1. The lowest BCUT2D eigenvalue weighted by Gasteiger charge is -2.24. The Kier molecular flexibility index (Phi) is 5.99. The molecule has 0 radical (unpaired) electrons. The van der Waals surface area contributed by atoms with Gasteiger partial charge in [0.05, 0.1) is 17.5 Å². The predicted molar refractivity (Wildman–Crippen MR) is 120 cm³/mol. The minimum atomic E-state index is -3.09. The Balaban J connectivity index is 1.51. The lowest BCUT2D eigenvalue weighted by Crippen LogP contribution is -2.37. The number of hydrogen-bond acceptors (Lipinski definition) is 4. The van der Waals surface area contributed by atoms with E-state index in [4.69, 9.17) is 11.6 Å². The number of aliphatic imine (C=N–C) groups is 1. The molecular weight excluding hydrogens is 428 g/mol. The van der Waals surface area contributed by atoms with Crippen molar-refractivity contribution in [3.05, 3.63) is 65.2 Å². The maximum absolute atomic E-state index is 12.5. The van der Waals surface area contributed by atoms with Crippen molar-refractivity contribution in [2.75, 3.05) is 16.4 Å². The molecule has 0 N–H and O–H groups in total. The van der Waals surface area contributed by atoms with Crippen LogP contribution in [0.1, 0.15) is 18.4 Å². The van der Waals surface area contributed by atoms with Gasteiger partial charge in [-0.1, -0.05) is 59.8 Å². The quantitative estimate of drug-likeness (QED) is 0.692. The third-order valence-electron chi connectivity index (χ3n) is 5.07. The fourth-order valence-electron chi connectivity index (χ4n) is 3.74. The molecule has 1 amide bonds. The summed E-state index contributed by atoms with van der Waals surface area (Å²) in [4.78, 5) is 18.7. The molecule has 2 heterocycles. The van der Waals surface area contributed by atoms with Crippen LogP contribution in [-0.4, -0.2) is 42.3 Å². The Bertz CT molecular complexity index is 1040. The number of sulfone groups is 1. The minimum Gasteiger partial charge on any atom is -0.316 e. The summed E-state index contributed by atoms with van der Waals surface area (Å²) >= 11 is 7.53. The predicted octanol–water partition coefficient (Wildman–Crippen LogP) is 3.96. The second-order valence-electron chi connectivity index (χ2n) is 7.28. The molecule has 0 spiro atoms. The summed E-state index contributed by atoms with van der Waals surface area (Å²) in [5.74, 6) is -0.00256. The van der Waals surface area contributed by atoms with Crippen molar-refractivity contribution in [1.82, 2.24) is 0 Å². The van der Waals surface area contributed by atoms with Crippen LogP contribution >= 0.6 is 23.4 Å². The zero-order valence-corrected chi connectivity index (χ0v) is 18.1. The summed E-state index contributed by atoms with van der Waals surface area (Å²) in [6.45, 7) is 0. The number of amidine groups is 1. The number of thioether (sulfide) groups is 1. The van der Waals surface area contributed by atoms with E-state index in [0.29, 0.717) is 16.6 Å². The molecule has 2 saturated heterocycles. The largest absolute Gasteiger partial charge is 0.316 e. The first-order valence-corrected chi connectivity index (χ1v) is 12.6. The number of rotatable bonds is 5. The molecular formula is C21H21ClN2O3S2. The maximum Gasteiger partial charge on any atom is 0.248 e. The molecule has 2 aliphatic rings. The first-order chi connectivity index (χ1) is 13.9. The molecule has 2 aromatic carbocycles. The average Bonchev–Trinajstić information content (AvgIpc) is 3.13. The number of anilines is 1. The molecule has 2 aliphatic heterocycles. The highest BCUT2D eigenvalue weighted by atomic mass is 35.5.